The summed E-state index contributed by atoms with van der Waals surface area (Å²) >= 11 is 1.64. The van der Waals surface area contributed by atoms with Crippen LogP contribution in [0.3, 0.4) is 0 Å². The quantitative estimate of drug-likeness (QED) is 0.882. The zero-order valence-corrected chi connectivity index (χ0v) is 12.2. The van der Waals surface area contributed by atoms with E-state index in [2.05, 4.69) is 11.8 Å². The van der Waals surface area contributed by atoms with Crippen molar-refractivity contribution < 1.29 is 14.2 Å². The molecular weight excluding hydrogens is 286 g/mol. The maximum absolute atomic E-state index is 5.72. The Morgan fingerprint density at radius 2 is 2.10 bits per heavy atom. The van der Waals surface area contributed by atoms with E-state index in [1.807, 2.05) is 29.6 Å². The minimum Gasteiger partial charge on any atom is -0.454 e. The number of hydrogen-bond donors (Lipinski definition) is 1. The Morgan fingerprint density at radius 1 is 1.19 bits per heavy atom. The molecule has 0 atom stereocenters. The molecule has 1 aromatic carbocycles. The Morgan fingerprint density at radius 3 is 3.00 bits per heavy atom. The summed E-state index contributed by atoms with van der Waals surface area (Å²) in [5, 5.41) is 2.02. The van der Waals surface area contributed by atoms with E-state index in [-0.39, 0.29) is 0 Å². The van der Waals surface area contributed by atoms with Crippen molar-refractivity contribution in [2.45, 2.75) is 13.2 Å². The summed E-state index contributed by atoms with van der Waals surface area (Å²) in [6, 6.07) is 7.88. The van der Waals surface area contributed by atoms with E-state index in [9.17, 15) is 0 Å². The summed E-state index contributed by atoms with van der Waals surface area (Å²) in [5.41, 5.74) is 7.41. The zero-order valence-electron chi connectivity index (χ0n) is 11.4. The molecule has 0 saturated heterocycles. The van der Waals surface area contributed by atoms with Crippen molar-refractivity contribution in [3.8, 4) is 23.3 Å². The van der Waals surface area contributed by atoms with Crippen molar-refractivity contribution >= 4 is 11.3 Å². The molecule has 1 aliphatic rings. The molecule has 0 saturated carbocycles. The van der Waals surface area contributed by atoms with Gasteiger partial charge in [-0.25, -0.2) is 0 Å². The van der Waals surface area contributed by atoms with Gasteiger partial charge in [0.15, 0.2) is 11.5 Å². The standard InChI is InChI=1S/C16H15NO3S/c17-5-1-2-13-6-14(21-10-13)9-18-8-12-3-4-15-16(7-12)20-11-19-15/h3-4,6-7,10H,5,8-9,11,17H2. The smallest absolute Gasteiger partial charge is 0.231 e. The van der Waals surface area contributed by atoms with Crippen LogP contribution in [0.4, 0.5) is 0 Å². The van der Waals surface area contributed by atoms with Crippen LogP contribution in [0.5, 0.6) is 11.5 Å². The number of rotatable bonds is 4. The van der Waals surface area contributed by atoms with Gasteiger partial charge in [0.25, 0.3) is 0 Å². The van der Waals surface area contributed by atoms with Crippen LogP contribution in [0.2, 0.25) is 0 Å². The number of fused-ring (bicyclic) bond motifs is 1. The van der Waals surface area contributed by atoms with E-state index in [1.165, 1.54) is 0 Å². The van der Waals surface area contributed by atoms with E-state index in [4.69, 9.17) is 19.9 Å². The molecule has 2 heterocycles. The van der Waals surface area contributed by atoms with Crippen LogP contribution in [-0.4, -0.2) is 13.3 Å². The molecule has 0 amide bonds. The second-order valence-electron chi connectivity index (χ2n) is 4.49. The van der Waals surface area contributed by atoms with Gasteiger partial charge in [0.1, 0.15) is 0 Å². The average molecular weight is 301 g/mol. The first-order valence-corrected chi connectivity index (χ1v) is 7.46. The Bertz CT molecular complexity index is 684. The zero-order chi connectivity index (χ0) is 14.5. The summed E-state index contributed by atoms with van der Waals surface area (Å²) in [4.78, 5) is 1.15. The predicted octanol–water partition coefficient (Wildman–Crippen LogP) is 2.50. The molecule has 2 aromatic rings. The highest BCUT2D eigenvalue weighted by Gasteiger charge is 2.13. The van der Waals surface area contributed by atoms with Gasteiger partial charge in [-0.15, -0.1) is 11.3 Å². The second kappa shape index (κ2) is 6.64. The molecule has 21 heavy (non-hydrogen) atoms. The molecule has 3 rings (SSSR count). The molecule has 0 unspecified atom stereocenters. The van der Waals surface area contributed by atoms with Crippen LogP contribution in [0.25, 0.3) is 0 Å². The van der Waals surface area contributed by atoms with Crippen LogP contribution >= 0.6 is 11.3 Å². The van der Waals surface area contributed by atoms with Crippen LogP contribution in [0, 0.1) is 11.8 Å². The first-order valence-electron chi connectivity index (χ1n) is 6.58. The highest BCUT2D eigenvalue weighted by Crippen LogP contribution is 2.32. The summed E-state index contributed by atoms with van der Waals surface area (Å²) in [6.07, 6.45) is 0. The van der Waals surface area contributed by atoms with E-state index in [0.29, 0.717) is 26.6 Å². The predicted molar refractivity (Wildman–Crippen MR) is 81.3 cm³/mol. The fraction of sp³-hybridized carbons (Fsp3) is 0.250. The van der Waals surface area contributed by atoms with Gasteiger partial charge in [0.05, 0.1) is 19.8 Å². The lowest BCUT2D eigenvalue weighted by atomic mass is 10.2. The lowest BCUT2D eigenvalue weighted by Gasteiger charge is -2.04. The number of benzene rings is 1. The van der Waals surface area contributed by atoms with Crippen molar-refractivity contribution in [3.05, 3.63) is 45.6 Å². The second-order valence-corrected chi connectivity index (χ2v) is 5.48. The van der Waals surface area contributed by atoms with E-state index in [0.717, 1.165) is 27.5 Å². The summed E-state index contributed by atoms with van der Waals surface area (Å²) in [7, 11) is 0. The molecule has 2 N–H and O–H groups in total. The Balaban J connectivity index is 1.53. The Kier molecular flexibility index (Phi) is 4.41. The molecule has 1 aromatic heterocycles. The first-order chi connectivity index (χ1) is 10.3. The van der Waals surface area contributed by atoms with Crippen molar-refractivity contribution in [1.82, 2.24) is 0 Å². The molecule has 0 aliphatic carbocycles. The van der Waals surface area contributed by atoms with E-state index < -0.39 is 0 Å². The van der Waals surface area contributed by atoms with Gasteiger partial charge in [0.2, 0.25) is 6.79 Å². The molecule has 1 aliphatic heterocycles. The van der Waals surface area contributed by atoms with Gasteiger partial charge in [-0.05, 0) is 23.8 Å². The molecule has 5 heteroatoms. The maximum atomic E-state index is 5.72. The highest BCUT2D eigenvalue weighted by molar-refractivity contribution is 7.10. The van der Waals surface area contributed by atoms with Crippen molar-refractivity contribution in [2.24, 2.45) is 5.73 Å². The van der Waals surface area contributed by atoms with Crippen LogP contribution < -0.4 is 15.2 Å². The third-order valence-electron chi connectivity index (χ3n) is 2.94. The third kappa shape index (κ3) is 3.56. The van der Waals surface area contributed by atoms with Crippen LogP contribution in [0.15, 0.2) is 29.6 Å². The van der Waals surface area contributed by atoms with Gasteiger partial charge in [-0.3, -0.25) is 0 Å². The molecule has 0 radical (unpaired) electrons. The summed E-state index contributed by atoms with van der Waals surface area (Å²) in [6.45, 7) is 1.79. The number of ether oxygens (including phenoxy) is 3. The SMILES string of the molecule is NCC#Cc1csc(COCc2ccc3c(c2)OCO3)c1. The first kappa shape index (κ1) is 14.0. The summed E-state index contributed by atoms with van der Waals surface area (Å²) < 4.78 is 16.3. The maximum Gasteiger partial charge on any atom is 0.231 e. The van der Waals surface area contributed by atoms with Crippen LogP contribution in [-0.2, 0) is 18.0 Å². The molecule has 0 spiro atoms. The Labute approximate surface area is 127 Å². The molecule has 0 bridgehead atoms. The van der Waals surface area contributed by atoms with Crippen molar-refractivity contribution in [2.75, 3.05) is 13.3 Å². The fourth-order valence-corrected chi connectivity index (χ4v) is 2.73. The Hall–Kier alpha value is -2.00. The summed E-state index contributed by atoms with van der Waals surface area (Å²) in [5.74, 6) is 7.43. The molecule has 4 nitrogen and oxygen atoms in total. The molecular formula is C16H15NO3S. The lowest BCUT2D eigenvalue weighted by Crippen LogP contribution is -1.93. The molecule has 108 valence electrons. The van der Waals surface area contributed by atoms with Crippen molar-refractivity contribution in [1.29, 1.82) is 0 Å². The largest absolute Gasteiger partial charge is 0.454 e. The van der Waals surface area contributed by atoms with Gasteiger partial charge < -0.3 is 19.9 Å². The van der Waals surface area contributed by atoms with Gasteiger partial charge in [-0.2, -0.15) is 0 Å². The van der Waals surface area contributed by atoms with E-state index in [1.54, 1.807) is 11.3 Å². The van der Waals surface area contributed by atoms with Crippen LogP contribution in [0.1, 0.15) is 16.0 Å². The number of hydrogen-bond acceptors (Lipinski definition) is 5. The minimum atomic E-state index is 0.293. The average Bonchev–Trinajstić information content (AvgIpc) is 3.13. The lowest BCUT2D eigenvalue weighted by molar-refractivity contribution is 0.109. The van der Waals surface area contributed by atoms with Gasteiger partial charge in [0, 0.05) is 15.8 Å². The number of nitrogens with two attached hydrogens (primary N) is 1. The third-order valence-corrected chi connectivity index (χ3v) is 3.85. The monoisotopic (exact) mass is 301 g/mol. The van der Waals surface area contributed by atoms with Gasteiger partial charge in [-0.1, -0.05) is 17.9 Å². The topological polar surface area (TPSA) is 53.7 Å². The highest BCUT2D eigenvalue weighted by atomic mass is 32.1. The minimum absolute atomic E-state index is 0.293. The number of thiophene rings is 1. The fourth-order valence-electron chi connectivity index (χ4n) is 1.98. The normalized spacial score (nSPS) is 12.0. The molecule has 0 fully saturated rings. The van der Waals surface area contributed by atoms with Crippen molar-refractivity contribution in [3.63, 3.8) is 0 Å². The van der Waals surface area contributed by atoms with E-state index >= 15 is 0 Å². The van der Waals surface area contributed by atoms with Gasteiger partial charge >= 0.3 is 0 Å².